The number of benzene rings is 1. The lowest BCUT2D eigenvalue weighted by molar-refractivity contribution is 0.183. The predicted octanol–water partition coefficient (Wildman–Crippen LogP) is 3.12. The summed E-state index contributed by atoms with van der Waals surface area (Å²) < 4.78 is 34.3. The number of fused-ring (bicyclic) bond motifs is 1. The summed E-state index contributed by atoms with van der Waals surface area (Å²) in [6, 6.07) is 3.10. The zero-order valence-electron chi connectivity index (χ0n) is 12.6. The molecular weight excluding hydrogens is 375 g/mol. The number of sulfonamides is 1. The zero-order chi connectivity index (χ0) is 17.3. The fourth-order valence-electron chi connectivity index (χ4n) is 2.25. The molecule has 10 heteroatoms. The van der Waals surface area contributed by atoms with E-state index >= 15 is 0 Å². The van der Waals surface area contributed by atoms with Crippen molar-refractivity contribution in [2.75, 3.05) is 18.4 Å². The van der Waals surface area contributed by atoms with Crippen molar-refractivity contribution in [3.05, 3.63) is 40.8 Å². The maximum absolute atomic E-state index is 12.6. The van der Waals surface area contributed by atoms with Gasteiger partial charge in [-0.15, -0.1) is 0 Å². The van der Waals surface area contributed by atoms with E-state index in [1.54, 1.807) is 24.1 Å². The summed E-state index contributed by atoms with van der Waals surface area (Å²) in [6.45, 7) is 1.01. The molecular formula is C14H14Cl2N4O3S. The molecule has 3 rings (SSSR count). The highest BCUT2D eigenvalue weighted by molar-refractivity contribution is 7.93. The molecule has 0 spiro atoms. The number of rotatable bonds is 6. The SMILES string of the molecule is COCCn1cc(NS(=O)(=O)c2c[nH]c3cc(Cl)c(Cl)cc23)cn1. The van der Waals surface area contributed by atoms with Crippen LogP contribution in [0.5, 0.6) is 0 Å². The lowest BCUT2D eigenvalue weighted by atomic mass is 10.2. The van der Waals surface area contributed by atoms with Crippen LogP contribution in [0.25, 0.3) is 10.9 Å². The number of ether oxygens (including phenoxy) is 1. The van der Waals surface area contributed by atoms with Crippen LogP contribution >= 0.6 is 23.2 Å². The largest absolute Gasteiger partial charge is 0.383 e. The van der Waals surface area contributed by atoms with Crippen molar-refractivity contribution in [3.63, 3.8) is 0 Å². The summed E-state index contributed by atoms with van der Waals surface area (Å²) in [5.41, 5.74) is 0.945. The van der Waals surface area contributed by atoms with E-state index in [9.17, 15) is 8.42 Å². The number of aromatic nitrogens is 3. The third kappa shape index (κ3) is 3.36. The molecule has 2 N–H and O–H groups in total. The quantitative estimate of drug-likeness (QED) is 0.678. The van der Waals surface area contributed by atoms with Gasteiger partial charge in [0, 0.05) is 30.4 Å². The molecule has 0 amide bonds. The van der Waals surface area contributed by atoms with E-state index in [1.807, 2.05) is 0 Å². The van der Waals surface area contributed by atoms with Gasteiger partial charge in [0.1, 0.15) is 4.90 Å². The van der Waals surface area contributed by atoms with Crippen LogP contribution in [0.15, 0.2) is 35.6 Å². The first-order chi connectivity index (χ1) is 11.4. The minimum atomic E-state index is -3.80. The number of hydrogen-bond donors (Lipinski definition) is 2. The van der Waals surface area contributed by atoms with E-state index in [0.29, 0.717) is 34.8 Å². The van der Waals surface area contributed by atoms with E-state index in [2.05, 4.69) is 14.8 Å². The van der Waals surface area contributed by atoms with Crippen molar-refractivity contribution in [3.8, 4) is 0 Å². The Balaban J connectivity index is 1.91. The van der Waals surface area contributed by atoms with E-state index in [0.717, 1.165) is 0 Å². The summed E-state index contributed by atoms with van der Waals surface area (Å²) in [5, 5.41) is 5.17. The highest BCUT2D eigenvalue weighted by Gasteiger charge is 2.20. The average Bonchev–Trinajstić information content (AvgIpc) is 3.12. The standard InChI is InChI=1S/C14H14Cl2N4O3S/c1-23-3-2-20-8-9(6-18-20)19-24(21,22)14-7-17-13-5-12(16)11(15)4-10(13)14/h4-8,17,19H,2-3H2,1H3. The fourth-order valence-corrected chi connectivity index (χ4v) is 3.77. The molecule has 2 aromatic heterocycles. The average molecular weight is 389 g/mol. The first-order valence-electron chi connectivity index (χ1n) is 6.91. The highest BCUT2D eigenvalue weighted by Crippen LogP contribution is 2.31. The number of methoxy groups -OCH3 is 1. The Hall–Kier alpha value is -1.74. The van der Waals surface area contributed by atoms with Gasteiger partial charge in [0.05, 0.1) is 35.1 Å². The van der Waals surface area contributed by atoms with Gasteiger partial charge < -0.3 is 9.72 Å². The van der Waals surface area contributed by atoms with E-state index < -0.39 is 10.0 Å². The Labute approximate surface area is 148 Å². The summed E-state index contributed by atoms with van der Waals surface area (Å²) in [4.78, 5) is 2.97. The molecule has 0 aliphatic carbocycles. The van der Waals surface area contributed by atoms with Gasteiger partial charge in [0.25, 0.3) is 10.0 Å². The van der Waals surface area contributed by atoms with Gasteiger partial charge >= 0.3 is 0 Å². The van der Waals surface area contributed by atoms with Gasteiger partial charge in [-0.3, -0.25) is 9.40 Å². The number of anilines is 1. The first kappa shape index (κ1) is 17.1. The van der Waals surface area contributed by atoms with Crippen molar-refractivity contribution in [2.45, 2.75) is 11.4 Å². The Morgan fingerprint density at radius 1 is 1.33 bits per heavy atom. The lowest BCUT2D eigenvalue weighted by Gasteiger charge is -2.05. The van der Waals surface area contributed by atoms with Gasteiger partial charge in [0.2, 0.25) is 0 Å². The maximum atomic E-state index is 12.6. The molecule has 0 atom stereocenters. The second kappa shape index (κ2) is 6.64. The molecule has 0 unspecified atom stereocenters. The first-order valence-corrected chi connectivity index (χ1v) is 9.15. The van der Waals surface area contributed by atoms with Crippen molar-refractivity contribution < 1.29 is 13.2 Å². The number of nitrogens with zero attached hydrogens (tertiary/aromatic N) is 2. The van der Waals surface area contributed by atoms with Crippen LogP contribution < -0.4 is 4.72 Å². The van der Waals surface area contributed by atoms with Gasteiger partial charge in [-0.2, -0.15) is 5.10 Å². The summed E-state index contributed by atoms with van der Waals surface area (Å²) in [5.74, 6) is 0. The van der Waals surface area contributed by atoms with Crippen LogP contribution in [0.2, 0.25) is 10.0 Å². The number of hydrogen-bond acceptors (Lipinski definition) is 4. The van der Waals surface area contributed by atoms with Crippen molar-refractivity contribution in [1.29, 1.82) is 0 Å². The molecule has 0 aliphatic heterocycles. The zero-order valence-corrected chi connectivity index (χ0v) is 14.9. The Morgan fingerprint density at radius 2 is 2.08 bits per heavy atom. The third-order valence-electron chi connectivity index (χ3n) is 3.38. The normalized spacial score (nSPS) is 12.0. The van der Waals surface area contributed by atoms with Crippen molar-refractivity contribution in [1.82, 2.24) is 14.8 Å². The van der Waals surface area contributed by atoms with Gasteiger partial charge in [-0.1, -0.05) is 23.2 Å². The van der Waals surface area contributed by atoms with Gasteiger partial charge in [-0.25, -0.2) is 8.42 Å². The molecule has 3 aromatic rings. The monoisotopic (exact) mass is 388 g/mol. The number of H-pyrrole nitrogens is 1. The van der Waals surface area contributed by atoms with Crippen LogP contribution in [0.1, 0.15) is 0 Å². The second-order valence-corrected chi connectivity index (χ2v) is 7.52. The van der Waals surface area contributed by atoms with Crippen LogP contribution in [0.3, 0.4) is 0 Å². The molecule has 7 nitrogen and oxygen atoms in total. The van der Waals surface area contributed by atoms with Crippen LogP contribution in [-0.2, 0) is 21.3 Å². The highest BCUT2D eigenvalue weighted by atomic mass is 35.5. The number of aromatic amines is 1. The Morgan fingerprint density at radius 3 is 2.83 bits per heavy atom. The summed E-state index contributed by atoms with van der Waals surface area (Å²) in [7, 11) is -2.22. The number of halogens is 2. The van der Waals surface area contributed by atoms with Crippen LogP contribution in [0, 0.1) is 0 Å². The maximum Gasteiger partial charge on any atom is 0.264 e. The molecule has 0 bridgehead atoms. The predicted molar refractivity (Wildman–Crippen MR) is 93.2 cm³/mol. The van der Waals surface area contributed by atoms with Crippen molar-refractivity contribution in [2.24, 2.45) is 0 Å². The molecule has 0 aliphatic rings. The Bertz CT molecular complexity index is 981. The minimum Gasteiger partial charge on any atom is -0.383 e. The molecule has 2 heterocycles. The third-order valence-corrected chi connectivity index (χ3v) is 5.53. The van der Waals surface area contributed by atoms with Crippen LogP contribution in [0.4, 0.5) is 5.69 Å². The van der Waals surface area contributed by atoms with Gasteiger partial charge in [0.15, 0.2) is 0 Å². The molecule has 0 radical (unpaired) electrons. The van der Waals surface area contributed by atoms with E-state index in [4.69, 9.17) is 27.9 Å². The second-order valence-electron chi connectivity index (χ2n) is 5.06. The van der Waals surface area contributed by atoms with E-state index in [1.165, 1.54) is 18.5 Å². The number of nitrogens with one attached hydrogen (secondary N) is 2. The molecule has 0 saturated carbocycles. The molecule has 0 saturated heterocycles. The summed E-state index contributed by atoms with van der Waals surface area (Å²) in [6.07, 6.45) is 4.43. The topological polar surface area (TPSA) is 89.0 Å². The molecule has 24 heavy (non-hydrogen) atoms. The molecule has 0 fully saturated rings. The van der Waals surface area contributed by atoms with Gasteiger partial charge in [-0.05, 0) is 12.1 Å². The Kier molecular flexibility index (Phi) is 4.73. The van der Waals surface area contributed by atoms with E-state index in [-0.39, 0.29) is 9.92 Å². The summed E-state index contributed by atoms with van der Waals surface area (Å²) >= 11 is 11.9. The minimum absolute atomic E-state index is 0.0840. The fraction of sp³-hybridized carbons (Fsp3) is 0.214. The lowest BCUT2D eigenvalue weighted by Crippen LogP contribution is -2.12. The molecule has 1 aromatic carbocycles. The van der Waals surface area contributed by atoms with Crippen molar-refractivity contribution >= 4 is 49.8 Å². The molecule has 128 valence electrons. The van der Waals surface area contributed by atoms with Crippen LogP contribution in [-0.4, -0.2) is 36.9 Å². The smallest absolute Gasteiger partial charge is 0.264 e.